The van der Waals surface area contributed by atoms with Gasteiger partial charge in [0.15, 0.2) is 0 Å². The predicted molar refractivity (Wildman–Crippen MR) is 57.6 cm³/mol. The Morgan fingerprint density at radius 3 is 3.07 bits per heavy atom. The molecule has 2 aromatic rings. The van der Waals surface area contributed by atoms with Crippen LogP contribution >= 0.6 is 0 Å². The van der Waals surface area contributed by atoms with Crippen LogP contribution < -0.4 is 10.5 Å². The summed E-state index contributed by atoms with van der Waals surface area (Å²) < 4.78 is 5.38. The molecule has 0 radical (unpaired) electrons. The van der Waals surface area contributed by atoms with Crippen LogP contribution in [0.15, 0.2) is 30.5 Å². The van der Waals surface area contributed by atoms with E-state index < -0.39 is 0 Å². The van der Waals surface area contributed by atoms with Gasteiger partial charge in [0, 0.05) is 17.1 Å². The van der Waals surface area contributed by atoms with Crippen LogP contribution in [0, 0.1) is 0 Å². The Hall–Kier alpha value is -1.97. The zero-order valence-electron chi connectivity index (χ0n) is 8.19. The molecule has 1 aromatic carbocycles. The lowest BCUT2D eigenvalue weighted by molar-refractivity contribution is -0.118. The largest absolute Gasteiger partial charge is 0.493 e. The highest BCUT2D eigenvalue weighted by Gasteiger charge is 1.99. The van der Waals surface area contributed by atoms with E-state index in [9.17, 15) is 4.79 Å². The van der Waals surface area contributed by atoms with E-state index in [2.05, 4.69) is 4.98 Å². The van der Waals surface area contributed by atoms with E-state index in [1.165, 1.54) is 0 Å². The molecular weight excluding hydrogens is 192 g/mol. The molecule has 1 heterocycles. The van der Waals surface area contributed by atoms with Gasteiger partial charge >= 0.3 is 0 Å². The van der Waals surface area contributed by atoms with Gasteiger partial charge in [-0.2, -0.15) is 0 Å². The molecule has 2 rings (SSSR count). The Kier molecular flexibility index (Phi) is 2.58. The van der Waals surface area contributed by atoms with Crippen LogP contribution in [0.3, 0.4) is 0 Å². The van der Waals surface area contributed by atoms with Crippen LogP contribution in [0.1, 0.15) is 6.42 Å². The maximum atomic E-state index is 10.5. The molecule has 0 saturated carbocycles. The van der Waals surface area contributed by atoms with Gasteiger partial charge in [0.05, 0.1) is 13.0 Å². The lowest BCUT2D eigenvalue weighted by atomic mass is 10.2. The first kappa shape index (κ1) is 9.58. The van der Waals surface area contributed by atoms with E-state index in [0.29, 0.717) is 6.61 Å². The molecule has 1 amide bonds. The number of fused-ring (bicyclic) bond motifs is 1. The predicted octanol–water partition coefficient (Wildman–Crippen LogP) is 1.42. The van der Waals surface area contributed by atoms with Crippen LogP contribution in [0.2, 0.25) is 0 Å². The fourth-order valence-electron chi connectivity index (χ4n) is 1.39. The van der Waals surface area contributed by atoms with Crippen molar-refractivity contribution in [3.8, 4) is 5.75 Å². The summed E-state index contributed by atoms with van der Waals surface area (Å²) in [6, 6.07) is 7.69. The molecule has 4 nitrogen and oxygen atoms in total. The van der Waals surface area contributed by atoms with Gasteiger partial charge in [-0.3, -0.25) is 4.79 Å². The number of nitrogens with one attached hydrogen (secondary N) is 1. The minimum Gasteiger partial charge on any atom is -0.493 e. The molecule has 0 fully saturated rings. The van der Waals surface area contributed by atoms with Crippen LogP contribution in [-0.2, 0) is 4.79 Å². The smallest absolute Gasteiger partial charge is 0.220 e. The van der Waals surface area contributed by atoms with Crippen molar-refractivity contribution >= 4 is 16.8 Å². The number of benzene rings is 1. The number of ether oxygens (including phenoxy) is 1. The zero-order valence-corrected chi connectivity index (χ0v) is 8.19. The molecule has 4 heteroatoms. The molecule has 0 bridgehead atoms. The highest BCUT2D eigenvalue weighted by atomic mass is 16.5. The van der Waals surface area contributed by atoms with Gasteiger partial charge in [0.25, 0.3) is 0 Å². The number of rotatable bonds is 4. The molecule has 0 spiro atoms. The number of hydrogen-bond acceptors (Lipinski definition) is 2. The summed E-state index contributed by atoms with van der Waals surface area (Å²) in [5, 5.41) is 1.09. The normalized spacial score (nSPS) is 10.4. The van der Waals surface area contributed by atoms with Crippen molar-refractivity contribution in [1.29, 1.82) is 0 Å². The highest BCUT2D eigenvalue weighted by molar-refractivity contribution is 5.80. The Labute approximate surface area is 87.0 Å². The van der Waals surface area contributed by atoms with E-state index in [1.807, 2.05) is 30.5 Å². The van der Waals surface area contributed by atoms with Crippen LogP contribution in [-0.4, -0.2) is 17.5 Å². The fraction of sp³-hybridized carbons (Fsp3) is 0.182. The number of carbonyl (C=O) groups excluding carboxylic acids is 1. The first-order chi connectivity index (χ1) is 7.25. The molecule has 0 saturated heterocycles. The van der Waals surface area contributed by atoms with E-state index in [4.69, 9.17) is 10.5 Å². The Morgan fingerprint density at radius 2 is 2.27 bits per heavy atom. The number of amides is 1. The number of aromatic nitrogens is 1. The summed E-state index contributed by atoms with van der Waals surface area (Å²) in [7, 11) is 0. The Morgan fingerprint density at radius 1 is 1.40 bits per heavy atom. The SMILES string of the molecule is NC(=O)CCOc1ccc2[nH]ccc2c1. The van der Waals surface area contributed by atoms with E-state index in [0.717, 1.165) is 16.7 Å². The van der Waals surface area contributed by atoms with Gasteiger partial charge in [-0.15, -0.1) is 0 Å². The monoisotopic (exact) mass is 204 g/mol. The van der Waals surface area contributed by atoms with Crippen LogP contribution in [0.25, 0.3) is 10.9 Å². The molecule has 78 valence electrons. The van der Waals surface area contributed by atoms with Crippen molar-refractivity contribution < 1.29 is 9.53 Å². The maximum Gasteiger partial charge on any atom is 0.220 e. The first-order valence-corrected chi connectivity index (χ1v) is 4.74. The Balaban J connectivity index is 2.04. The second-order valence-electron chi connectivity index (χ2n) is 3.29. The van der Waals surface area contributed by atoms with Crippen LogP contribution in [0.5, 0.6) is 5.75 Å². The van der Waals surface area contributed by atoms with E-state index in [-0.39, 0.29) is 12.3 Å². The van der Waals surface area contributed by atoms with Crippen molar-refractivity contribution in [2.24, 2.45) is 5.73 Å². The number of aromatic amines is 1. The zero-order chi connectivity index (χ0) is 10.7. The molecule has 0 aliphatic carbocycles. The van der Waals surface area contributed by atoms with Crippen molar-refractivity contribution in [3.05, 3.63) is 30.5 Å². The lowest BCUT2D eigenvalue weighted by Gasteiger charge is -2.04. The number of primary amides is 1. The van der Waals surface area contributed by atoms with Gasteiger partial charge in [-0.1, -0.05) is 0 Å². The number of H-pyrrole nitrogens is 1. The number of hydrogen-bond donors (Lipinski definition) is 2. The molecule has 3 N–H and O–H groups in total. The van der Waals surface area contributed by atoms with E-state index in [1.54, 1.807) is 0 Å². The van der Waals surface area contributed by atoms with Crippen LogP contribution in [0.4, 0.5) is 0 Å². The second kappa shape index (κ2) is 4.04. The molecule has 15 heavy (non-hydrogen) atoms. The van der Waals surface area contributed by atoms with Gasteiger partial charge in [0.2, 0.25) is 5.91 Å². The molecule has 0 aliphatic rings. The lowest BCUT2D eigenvalue weighted by Crippen LogP contribution is -2.14. The summed E-state index contributed by atoms with van der Waals surface area (Å²) in [5.41, 5.74) is 6.07. The number of carbonyl (C=O) groups is 1. The molecule has 1 aromatic heterocycles. The quantitative estimate of drug-likeness (QED) is 0.790. The number of nitrogens with two attached hydrogens (primary N) is 1. The minimum absolute atomic E-state index is 0.241. The summed E-state index contributed by atoms with van der Waals surface area (Å²) in [4.78, 5) is 13.6. The second-order valence-corrected chi connectivity index (χ2v) is 3.29. The van der Waals surface area contributed by atoms with Crippen molar-refractivity contribution in [2.75, 3.05) is 6.61 Å². The van der Waals surface area contributed by atoms with Crippen molar-refractivity contribution in [1.82, 2.24) is 4.98 Å². The van der Waals surface area contributed by atoms with Gasteiger partial charge < -0.3 is 15.5 Å². The first-order valence-electron chi connectivity index (χ1n) is 4.74. The molecule has 0 aliphatic heterocycles. The minimum atomic E-state index is -0.349. The summed E-state index contributed by atoms with van der Waals surface area (Å²) in [5.74, 6) is 0.404. The third kappa shape index (κ3) is 2.28. The molecular formula is C11H12N2O2. The average Bonchev–Trinajstić information content (AvgIpc) is 2.64. The Bertz CT molecular complexity index is 476. The molecule has 0 unspecified atom stereocenters. The fourth-order valence-corrected chi connectivity index (χ4v) is 1.39. The van der Waals surface area contributed by atoms with Gasteiger partial charge in [-0.05, 0) is 24.3 Å². The third-order valence-electron chi connectivity index (χ3n) is 2.14. The summed E-state index contributed by atoms with van der Waals surface area (Å²) in [6.07, 6.45) is 2.11. The highest BCUT2D eigenvalue weighted by Crippen LogP contribution is 2.19. The topological polar surface area (TPSA) is 68.1 Å². The van der Waals surface area contributed by atoms with Gasteiger partial charge in [0.1, 0.15) is 5.75 Å². The molecule has 0 atom stereocenters. The standard InChI is InChI=1S/C11H12N2O2/c12-11(14)4-6-15-9-1-2-10-8(7-9)3-5-13-10/h1-3,5,7,13H,4,6H2,(H2,12,14). The van der Waals surface area contributed by atoms with Crippen molar-refractivity contribution in [2.45, 2.75) is 6.42 Å². The van der Waals surface area contributed by atoms with Gasteiger partial charge in [-0.25, -0.2) is 0 Å². The summed E-state index contributed by atoms with van der Waals surface area (Å²) >= 11 is 0. The average molecular weight is 204 g/mol. The van der Waals surface area contributed by atoms with Crippen molar-refractivity contribution in [3.63, 3.8) is 0 Å². The van der Waals surface area contributed by atoms with E-state index >= 15 is 0 Å². The summed E-state index contributed by atoms with van der Waals surface area (Å²) in [6.45, 7) is 0.325. The third-order valence-corrected chi connectivity index (χ3v) is 2.14. The maximum absolute atomic E-state index is 10.5.